The molecule has 18 heavy (non-hydrogen) atoms. The zero-order valence-corrected chi connectivity index (χ0v) is 11.6. The molecule has 0 fully saturated rings. The zero-order chi connectivity index (χ0) is 13.1. The number of hydrogen-bond acceptors (Lipinski definition) is 3. The van der Waals surface area contributed by atoms with Gasteiger partial charge in [0.15, 0.2) is 0 Å². The van der Waals surface area contributed by atoms with Gasteiger partial charge >= 0.3 is 0 Å². The Kier molecular flexibility index (Phi) is 4.09. The molecular weight excluding hydrogens is 247 g/mol. The SMILES string of the molecule is CNCC(C)c1nc(-c2ccc(F)cc2)c(C)s1. The first-order valence-electron chi connectivity index (χ1n) is 5.99. The average molecular weight is 264 g/mol. The largest absolute Gasteiger partial charge is 0.319 e. The third-order valence-corrected chi connectivity index (χ3v) is 4.07. The summed E-state index contributed by atoms with van der Waals surface area (Å²) in [7, 11) is 1.94. The lowest BCUT2D eigenvalue weighted by Gasteiger charge is -2.05. The minimum atomic E-state index is -0.213. The minimum Gasteiger partial charge on any atom is -0.319 e. The van der Waals surface area contributed by atoms with E-state index in [1.54, 1.807) is 23.5 Å². The van der Waals surface area contributed by atoms with Crippen LogP contribution < -0.4 is 5.32 Å². The first-order chi connectivity index (χ1) is 8.61. The van der Waals surface area contributed by atoms with Crippen LogP contribution in [-0.4, -0.2) is 18.6 Å². The highest BCUT2D eigenvalue weighted by atomic mass is 32.1. The molecule has 0 radical (unpaired) electrons. The van der Waals surface area contributed by atoms with Crippen LogP contribution in [0, 0.1) is 12.7 Å². The van der Waals surface area contributed by atoms with Crippen LogP contribution in [0.3, 0.4) is 0 Å². The molecule has 1 heterocycles. The third kappa shape index (κ3) is 2.76. The Hall–Kier alpha value is -1.26. The van der Waals surface area contributed by atoms with Crippen LogP contribution >= 0.6 is 11.3 Å². The highest BCUT2D eigenvalue weighted by molar-refractivity contribution is 7.12. The Morgan fingerprint density at radius 3 is 2.61 bits per heavy atom. The molecule has 1 aromatic carbocycles. The molecule has 2 rings (SSSR count). The zero-order valence-electron chi connectivity index (χ0n) is 10.8. The first-order valence-corrected chi connectivity index (χ1v) is 6.81. The Balaban J connectivity index is 2.31. The van der Waals surface area contributed by atoms with Gasteiger partial charge in [-0.1, -0.05) is 6.92 Å². The van der Waals surface area contributed by atoms with E-state index in [4.69, 9.17) is 0 Å². The van der Waals surface area contributed by atoms with E-state index in [1.165, 1.54) is 17.0 Å². The summed E-state index contributed by atoms with van der Waals surface area (Å²) in [5, 5.41) is 4.29. The first kappa shape index (κ1) is 13.2. The second kappa shape index (κ2) is 5.59. The maximum Gasteiger partial charge on any atom is 0.123 e. The van der Waals surface area contributed by atoms with E-state index in [9.17, 15) is 4.39 Å². The number of nitrogens with zero attached hydrogens (tertiary/aromatic N) is 1. The smallest absolute Gasteiger partial charge is 0.123 e. The van der Waals surface area contributed by atoms with Crippen molar-refractivity contribution in [1.82, 2.24) is 10.3 Å². The number of aryl methyl sites for hydroxylation is 1. The van der Waals surface area contributed by atoms with Gasteiger partial charge in [0.1, 0.15) is 5.82 Å². The maximum atomic E-state index is 12.9. The van der Waals surface area contributed by atoms with Crippen LogP contribution in [0.1, 0.15) is 22.7 Å². The Morgan fingerprint density at radius 1 is 1.33 bits per heavy atom. The number of aromatic nitrogens is 1. The molecule has 0 bridgehead atoms. The second-order valence-corrected chi connectivity index (χ2v) is 5.66. The predicted octanol–water partition coefficient (Wildman–Crippen LogP) is 3.58. The van der Waals surface area contributed by atoms with E-state index in [2.05, 4.69) is 24.1 Å². The molecule has 2 aromatic rings. The van der Waals surface area contributed by atoms with Gasteiger partial charge in [-0.2, -0.15) is 0 Å². The van der Waals surface area contributed by atoms with Crippen molar-refractivity contribution in [1.29, 1.82) is 0 Å². The Labute approximate surface area is 111 Å². The summed E-state index contributed by atoms with van der Waals surface area (Å²) in [6.45, 7) is 5.13. The maximum absolute atomic E-state index is 12.9. The Morgan fingerprint density at radius 2 is 2.00 bits per heavy atom. The monoisotopic (exact) mass is 264 g/mol. The summed E-state index contributed by atoms with van der Waals surface area (Å²) in [5.41, 5.74) is 1.95. The second-order valence-electron chi connectivity index (χ2n) is 4.42. The van der Waals surface area contributed by atoms with E-state index in [0.29, 0.717) is 5.92 Å². The fraction of sp³-hybridized carbons (Fsp3) is 0.357. The molecule has 1 unspecified atom stereocenters. The van der Waals surface area contributed by atoms with Gasteiger partial charge in [-0.15, -0.1) is 11.3 Å². The molecular formula is C14H17FN2S. The molecule has 96 valence electrons. The Bertz CT molecular complexity index is 519. The fourth-order valence-corrected chi connectivity index (χ4v) is 2.89. The van der Waals surface area contributed by atoms with Gasteiger partial charge < -0.3 is 5.32 Å². The van der Waals surface area contributed by atoms with Gasteiger partial charge in [0.05, 0.1) is 10.7 Å². The number of nitrogens with one attached hydrogen (secondary N) is 1. The lowest BCUT2D eigenvalue weighted by molar-refractivity contribution is 0.628. The molecule has 0 aliphatic rings. The summed E-state index contributed by atoms with van der Waals surface area (Å²) in [4.78, 5) is 5.86. The number of rotatable bonds is 4. The fourth-order valence-electron chi connectivity index (χ4n) is 1.90. The summed E-state index contributed by atoms with van der Waals surface area (Å²) >= 11 is 1.72. The number of hydrogen-bond donors (Lipinski definition) is 1. The molecule has 1 atom stereocenters. The van der Waals surface area contributed by atoms with Crippen LogP contribution in [-0.2, 0) is 0 Å². The van der Waals surface area contributed by atoms with Crippen molar-refractivity contribution in [3.05, 3.63) is 40.0 Å². The van der Waals surface area contributed by atoms with Gasteiger partial charge in [-0.05, 0) is 38.2 Å². The van der Waals surface area contributed by atoms with Crippen LogP contribution in [0.25, 0.3) is 11.3 Å². The van der Waals surface area contributed by atoms with Crippen molar-refractivity contribution in [2.45, 2.75) is 19.8 Å². The van der Waals surface area contributed by atoms with Gasteiger partial charge in [0.2, 0.25) is 0 Å². The molecule has 4 heteroatoms. The van der Waals surface area contributed by atoms with E-state index >= 15 is 0 Å². The van der Waals surface area contributed by atoms with Gasteiger partial charge in [0, 0.05) is 22.9 Å². The van der Waals surface area contributed by atoms with E-state index in [-0.39, 0.29) is 5.82 Å². The molecule has 0 saturated carbocycles. The summed E-state index contributed by atoms with van der Waals surface area (Å²) < 4.78 is 12.9. The lowest BCUT2D eigenvalue weighted by atomic mass is 10.1. The van der Waals surface area contributed by atoms with Crippen molar-refractivity contribution in [3.8, 4) is 11.3 Å². The highest BCUT2D eigenvalue weighted by Crippen LogP contribution is 2.31. The third-order valence-electron chi connectivity index (χ3n) is 2.86. The average Bonchev–Trinajstić information content (AvgIpc) is 2.73. The van der Waals surface area contributed by atoms with Crippen LogP contribution in [0.5, 0.6) is 0 Å². The van der Waals surface area contributed by atoms with Gasteiger partial charge in [-0.25, -0.2) is 9.37 Å². The van der Waals surface area contributed by atoms with E-state index in [0.717, 1.165) is 22.8 Å². The van der Waals surface area contributed by atoms with E-state index in [1.807, 2.05) is 7.05 Å². The summed E-state index contributed by atoms with van der Waals surface area (Å²) in [6.07, 6.45) is 0. The molecule has 1 aromatic heterocycles. The van der Waals surface area contributed by atoms with Gasteiger partial charge in [-0.3, -0.25) is 0 Å². The topological polar surface area (TPSA) is 24.9 Å². The van der Waals surface area contributed by atoms with Crippen LogP contribution in [0.15, 0.2) is 24.3 Å². The standard InChI is InChI=1S/C14H17FN2S/c1-9(8-16-3)14-17-13(10(2)18-14)11-4-6-12(15)7-5-11/h4-7,9,16H,8H2,1-3H3. The molecule has 0 aliphatic carbocycles. The van der Waals surface area contributed by atoms with Crippen molar-refractivity contribution >= 4 is 11.3 Å². The number of likely N-dealkylation sites (N-methyl/N-ethyl adjacent to an activating group) is 1. The molecule has 2 nitrogen and oxygen atoms in total. The normalized spacial score (nSPS) is 12.7. The molecule has 0 saturated heterocycles. The van der Waals surface area contributed by atoms with Crippen molar-refractivity contribution in [3.63, 3.8) is 0 Å². The molecule has 1 N–H and O–H groups in total. The summed E-state index contributed by atoms with van der Waals surface area (Å²) in [5.74, 6) is 0.184. The predicted molar refractivity (Wildman–Crippen MR) is 74.6 cm³/mol. The number of benzene rings is 1. The van der Waals surface area contributed by atoms with E-state index < -0.39 is 0 Å². The lowest BCUT2D eigenvalue weighted by Crippen LogP contribution is -2.14. The minimum absolute atomic E-state index is 0.213. The molecule has 0 amide bonds. The number of halogens is 1. The van der Waals surface area contributed by atoms with Crippen LogP contribution in [0.4, 0.5) is 4.39 Å². The molecule has 0 aliphatic heterocycles. The van der Waals surface area contributed by atoms with Crippen molar-refractivity contribution < 1.29 is 4.39 Å². The van der Waals surface area contributed by atoms with Gasteiger partial charge in [0.25, 0.3) is 0 Å². The van der Waals surface area contributed by atoms with Crippen LogP contribution in [0.2, 0.25) is 0 Å². The van der Waals surface area contributed by atoms with Crippen molar-refractivity contribution in [2.75, 3.05) is 13.6 Å². The number of thiazole rings is 1. The van der Waals surface area contributed by atoms with Crippen molar-refractivity contribution in [2.24, 2.45) is 0 Å². The summed E-state index contributed by atoms with van der Waals surface area (Å²) in [6, 6.07) is 6.52. The quantitative estimate of drug-likeness (QED) is 0.913. The highest BCUT2D eigenvalue weighted by Gasteiger charge is 2.14. The molecule has 0 spiro atoms.